The summed E-state index contributed by atoms with van der Waals surface area (Å²) in [5.41, 5.74) is -0.996. The lowest BCUT2D eigenvalue weighted by Gasteiger charge is -2.28. The van der Waals surface area contributed by atoms with Crippen LogP contribution in [0.4, 0.5) is 22.0 Å². The monoisotopic (exact) mass is 455 g/mol. The van der Waals surface area contributed by atoms with Gasteiger partial charge >= 0.3 is 6.18 Å². The molecular weight excluding hydrogens is 437 g/mol. The van der Waals surface area contributed by atoms with Crippen molar-refractivity contribution >= 4 is 5.91 Å². The zero-order valence-electron chi connectivity index (χ0n) is 17.0. The van der Waals surface area contributed by atoms with E-state index in [9.17, 15) is 26.7 Å². The second-order valence-corrected chi connectivity index (χ2v) is 6.74. The van der Waals surface area contributed by atoms with Gasteiger partial charge in [-0.25, -0.2) is 13.8 Å². The Bertz CT molecular complexity index is 1090. The molecule has 3 aromatic rings. The van der Waals surface area contributed by atoms with Crippen LogP contribution in [0, 0.1) is 11.6 Å². The summed E-state index contributed by atoms with van der Waals surface area (Å²) in [5, 5.41) is 7.91. The van der Waals surface area contributed by atoms with Gasteiger partial charge in [-0.2, -0.15) is 28.2 Å². The van der Waals surface area contributed by atoms with E-state index in [-0.39, 0.29) is 30.5 Å². The standard InChI is InChI=1S/C20H18F5N5O2/c1-3-29(12(2)11-32-18-16(22)8-13(10-26-18)20(23,24)25)19(31)15-9-14(21)4-5-17(15)30-27-6-7-28-30/h4-10,12H,3,11H2,1-2H3/t12-/m0/s1. The molecule has 0 spiro atoms. The van der Waals surface area contributed by atoms with Crippen molar-refractivity contribution in [3.05, 3.63) is 65.6 Å². The van der Waals surface area contributed by atoms with Gasteiger partial charge in [-0.3, -0.25) is 4.79 Å². The molecule has 170 valence electrons. The number of nitrogens with zero attached hydrogens (tertiary/aromatic N) is 5. The van der Waals surface area contributed by atoms with Crippen LogP contribution in [0.25, 0.3) is 5.69 Å². The van der Waals surface area contributed by atoms with Crippen molar-refractivity contribution in [1.82, 2.24) is 24.9 Å². The van der Waals surface area contributed by atoms with Crippen molar-refractivity contribution in [3.63, 3.8) is 0 Å². The summed E-state index contributed by atoms with van der Waals surface area (Å²) in [4.78, 5) is 19.0. The quantitative estimate of drug-likeness (QED) is 0.506. The average molecular weight is 455 g/mol. The number of pyridine rings is 1. The highest BCUT2D eigenvalue weighted by Crippen LogP contribution is 2.30. The third-order valence-corrected chi connectivity index (χ3v) is 4.55. The molecule has 0 aliphatic rings. The van der Waals surface area contributed by atoms with E-state index in [0.717, 1.165) is 12.1 Å². The van der Waals surface area contributed by atoms with Gasteiger partial charge in [0.15, 0.2) is 5.82 Å². The number of hydrogen-bond acceptors (Lipinski definition) is 5. The molecule has 3 rings (SSSR count). The molecule has 0 bridgehead atoms. The van der Waals surface area contributed by atoms with Gasteiger partial charge < -0.3 is 9.64 Å². The largest absolute Gasteiger partial charge is 0.473 e. The lowest BCUT2D eigenvalue weighted by molar-refractivity contribution is -0.138. The Labute approximate surface area is 179 Å². The molecule has 1 aromatic carbocycles. The van der Waals surface area contributed by atoms with Crippen molar-refractivity contribution in [1.29, 1.82) is 0 Å². The first-order chi connectivity index (χ1) is 15.1. The summed E-state index contributed by atoms with van der Waals surface area (Å²) in [6.45, 7) is 3.19. The number of ether oxygens (including phenoxy) is 1. The third kappa shape index (κ3) is 5.01. The van der Waals surface area contributed by atoms with Crippen molar-refractivity contribution in [2.75, 3.05) is 13.2 Å². The summed E-state index contributed by atoms with van der Waals surface area (Å²) in [6, 6.07) is 3.20. The molecule has 0 radical (unpaired) electrons. The van der Waals surface area contributed by atoms with Crippen LogP contribution >= 0.6 is 0 Å². The second kappa shape index (κ2) is 9.28. The predicted octanol–water partition coefficient (Wildman–Crippen LogP) is 3.89. The fourth-order valence-electron chi connectivity index (χ4n) is 2.98. The number of halogens is 5. The molecule has 7 nitrogen and oxygen atoms in total. The number of amides is 1. The van der Waals surface area contributed by atoms with Crippen LogP contribution in [0.3, 0.4) is 0 Å². The van der Waals surface area contributed by atoms with Crippen molar-refractivity contribution in [2.45, 2.75) is 26.1 Å². The molecule has 32 heavy (non-hydrogen) atoms. The zero-order chi connectivity index (χ0) is 23.5. The molecule has 0 unspecified atom stereocenters. The number of carbonyl (C=O) groups excluding carboxylic acids is 1. The number of likely N-dealkylation sites (N-methyl/N-ethyl adjacent to an activating group) is 1. The fourth-order valence-corrected chi connectivity index (χ4v) is 2.98. The third-order valence-electron chi connectivity index (χ3n) is 4.55. The Balaban J connectivity index is 1.78. The fraction of sp³-hybridized carbons (Fsp3) is 0.300. The molecule has 12 heteroatoms. The van der Waals surface area contributed by atoms with E-state index in [4.69, 9.17) is 4.74 Å². The van der Waals surface area contributed by atoms with E-state index < -0.39 is 41.2 Å². The normalized spacial score (nSPS) is 12.5. The van der Waals surface area contributed by atoms with Crippen LogP contribution in [-0.4, -0.2) is 50.0 Å². The average Bonchev–Trinajstić information content (AvgIpc) is 3.27. The number of carbonyl (C=O) groups is 1. The second-order valence-electron chi connectivity index (χ2n) is 6.74. The minimum Gasteiger partial charge on any atom is -0.473 e. The van der Waals surface area contributed by atoms with Crippen LogP contribution in [0.5, 0.6) is 5.88 Å². The van der Waals surface area contributed by atoms with Crippen LogP contribution < -0.4 is 4.74 Å². The lowest BCUT2D eigenvalue weighted by Crippen LogP contribution is -2.42. The minimum atomic E-state index is -4.74. The molecule has 0 aliphatic carbocycles. The van der Waals surface area contributed by atoms with Gasteiger partial charge in [-0.15, -0.1) is 0 Å². The molecular formula is C20H18F5N5O2. The highest BCUT2D eigenvalue weighted by atomic mass is 19.4. The maximum Gasteiger partial charge on any atom is 0.417 e. The maximum absolute atomic E-state index is 14.0. The molecule has 2 heterocycles. The molecule has 0 fully saturated rings. The van der Waals surface area contributed by atoms with Crippen LogP contribution in [0.1, 0.15) is 29.8 Å². The number of aromatic nitrogens is 4. The van der Waals surface area contributed by atoms with Crippen molar-refractivity contribution in [2.24, 2.45) is 0 Å². The van der Waals surface area contributed by atoms with Gasteiger partial charge in [0, 0.05) is 12.7 Å². The molecule has 1 atom stereocenters. The number of rotatable bonds is 7. The minimum absolute atomic E-state index is 0.00580. The van der Waals surface area contributed by atoms with Gasteiger partial charge in [0.2, 0.25) is 5.88 Å². The summed E-state index contributed by atoms with van der Waals surface area (Å²) in [6.07, 6.45) is -1.48. The summed E-state index contributed by atoms with van der Waals surface area (Å²) >= 11 is 0. The highest BCUT2D eigenvalue weighted by molar-refractivity contribution is 5.97. The SMILES string of the molecule is CCN(C(=O)c1cc(F)ccc1-n1nccn1)[C@@H](C)COc1ncc(C(F)(F)F)cc1F. The first-order valence-corrected chi connectivity index (χ1v) is 9.44. The van der Waals surface area contributed by atoms with Gasteiger partial charge in [0.1, 0.15) is 12.4 Å². The number of hydrogen-bond donors (Lipinski definition) is 0. The summed E-state index contributed by atoms with van der Waals surface area (Å²) in [7, 11) is 0. The van der Waals surface area contributed by atoms with Gasteiger partial charge in [0.25, 0.3) is 5.91 Å². The Morgan fingerprint density at radius 3 is 2.47 bits per heavy atom. The molecule has 2 aromatic heterocycles. The van der Waals surface area contributed by atoms with Crippen LogP contribution in [0.2, 0.25) is 0 Å². The Kier molecular flexibility index (Phi) is 6.70. The predicted molar refractivity (Wildman–Crippen MR) is 102 cm³/mol. The van der Waals surface area contributed by atoms with E-state index in [1.165, 1.54) is 28.2 Å². The smallest absolute Gasteiger partial charge is 0.417 e. The van der Waals surface area contributed by atoms with E-state index in [1.54, 1.807) is 13.8 Å². The van der Waals surface area contributed by atoms with Crippen LogP contribution in [0.15, 0.2) is 42.9 Å². The molecule has 0 N–H and O–H groups in total. The lowest BCUT2D eigenvalue weighted by atomic mass is 10.1. The van der Waals surface area contributed by atoms with E-state index in [1.807, 2.05) is 0 Å². The van der Waals surface area contributed by atoms with E-state index in [2.05, 4.69) is 15.2 Å². The van der Waals surface area contributed by atoms with E-state index in [0.29, 0.717) is 6.20 Å². The van der Waals surface area contributed by atoms with Gasteiger partial charge in [-0.05, 0) is 38.1 Å². The first kappa shape index (κ1) is 23.1. The van der Waals surface area contributed by atoms with E-state index >= 15 is 0 Å². The van der Waals surface area contributed by atoms with Gasteiger partial charge in [0.05, 0.1) is 35.2 Å². The number of alkyl halides is 3. The number of benzene rings is 1. The molecule has 0 aliphatic heterocycles. The summed E-state index contributed by atoms with van der Waals surface area (Å²) in [5.74, 6) is -3.10. The zero-order valence-corrected chi connectivity index (χ0v) is 17.0. The van der Waals surface area contributed by atoms with Gasteiger partial charge in [-0.1, -0.05) is 0 Å². The molecule has 0 saturated carbocycles. The van der Waals surface area contributed by atoms with Crippen molar-refractivity contribution < 1.29 is 31.5 Å². The highest BCUT2D eigenvalue weighted by Gasteiger charge is 2.32. The Morgan fingerprint density at radius 1 is 1.19 bits per heavy atom. The molecule has 0 saturated heterocycles. The molecule has 1 amide bonds. The first-order valence-electron chi connectivity index (χ1n) is 9.44. The van der Waals surface area contributed by atoms with Crippen molar-refractivity contribution in [3.8, 4) is 11.6 Å². The Morgan fingerprint density at radius 2 is 1.88 bits per heavy atom. The Hall–Kier alpha value is -3.57. The topological polar surface area (TPSA) is 73.1 Å². The maximum atomic E-state index is 14.0. The summed E-state index contributed by atoms with van der Waals surface area (Å²) < 4.78 is 71.0. The van der Waals surface area contributed by atoms with Crippen LogP contribution in [-0.2, 0) is 6.18 Å².